The molecule has 2 N–H and O–H groups in total. The number of anilines is 2. The van der Waals surface area contributed by atoms with Crippen LogP contribution in [0.1, 0.15) is 53.0 Å². The molecule has 1 unspecified atom stereocenters. The van der Waals surface area contributed by atoms with Gasteiger partial charge in [-0.25, -0.2) is 9.88 Å². The van der Waals surface area contributed by atoms with E-state index in [0.29, 0.717) is 21.8 Å². The van der Waals surface area contributed by atoms with Crippen LogP contribution < -0.4 is 10.6 Å². The Hall–Kier alpha value is -3.36. The van der Waals surface area contributed by atoms with Crippen molar-refractivity contribution in [3.05, 3.63) is 46.0 Å². The van der Waals surface area contributed by atoms with E-state index in [4.69, 9.17) is 5.73 Å². The monoisotopic (exact) mass is 417 g/mol. The number of benzene rings is 1. The Labute approximate surface area is 178 Å². The fraction of sp³-hybridized carbons (Fsp3) is 0.318. The van der Waals surface area contributed by atoms with E-state index in [1.165, 1.54) is 4.90 Å². The molecule has 7 nitrogen and oxygen atoms in total. The van der Waals surface area contributed by atoms with E-state index in [9.17, 15) is 20.1 Å². The van der Waals surface area contributed by atoms with Crippen LogP contribution in [0.2, 0.25) is 0 Å². The maximum atomic E-state index is 13.1. The molecule has 2 aromatic rings. The molecule has 1 aliphatic heterocycles. The number of carbonyl (C=O) groups excluding carboxylic acids is 2. The van der Waals surface area contributed by atoms with Gasteiger partial charge in [-0.2, -0.15) is 10.5 Å². The van der Waals surface area contributed by atoms with Crippen molar-refractivity contribution in [2.45, 2.75) is 49.3 Å². The van der Waals surface area contributed by atoms with Crippen LogP contribution in [0, 0.1) is 36.5 Å². The lowest BCUT2D eigenvalue weighted by Gasteiger charge is -2.18. The molecule has 2 heterocycles. The Morgan fingerprint density at radius 3 is 2.50 bits per heavy atom. The lowest BCUT2D eigenvalue weighted by molar-refractivity contribution is -0.121. The van der Waals surface area contributed by atoms with Crippen LogP contribution in [0.4, 0.5) is 11.5 Å². The SMILES string of the molecule is Cc1ccc(C)c(N2C(=O)CC(Sc3nc(N)c(C#N)c(C4CC4)c3C#N)C2=O)c1. The summed E-state index contributed by atoms with van der Waals surface area (Å²) in [5, 5.41) is 18.8. The highest BCUT2D eigenvalue weighted by Gasteiger charge is 2.42. The van der Waals surface area contributed by atoms with Gasteiger partial charge in [0.25, 0.3) is 0 Å². The molecule has 2 fully saturated rings. The average molecular weight is 417 g/mol. The van der Waals surface area contributed by atoms with Crippen LogP contribution in [0.25, 0.3) is 0 Å². The maximum Gasteiger partial charge on any atom is 0.247 e. The van der Waals surface area contributed by atoms with Crippen molar-refractivity contribution in [2.75, 3.05) is 10.6 Å². The van der Waals surface area contributed by atoms with Crippen molar-refractivity contribution in [1.82, 2.24) is 4.98 Å². The molecular weight excluding hydrogens is 398 g/mol. The van der Waals surface area contributed by atoms with E-state index < -0.39 is 5.25 Å². The van der Waals surface area contributed by atoms with Crippen molar-refractivity contribution >= 4 is 35.1 Å². The zero-order valence-electron chi connectivity index (χ0n) is 16.6. The number of amides is 2. The van der Waals surface area contributed by atoms with Crippen LogP contribution in [-0.4, -0.2) is 22.0 Å². The molecule has 1 saturated carbocycles. The number of hydrogen-bond donors (Lipinski definition) is 1. The van der Waals surface area contributed by atoms with Gasteiger partial charge in [0, 0.05) is 6.42 Å². The van der Waals surface area contributed by atoms with E-state index in [-0.39, 0.29) is 35.5 Å². The highest BCUT2D eigenvalue weighted by atomic mass is 32.2. The molecule has 2 amide bonds. The Balaban J connectivity index is 1.70. The Bertz CT molecular complexity index is 1170. The fourth-order valence-corrected chi connectivity index (χ4v) is 4.86. The van der Waals surface area contributed by atoms with E-state index >= 15 is 0 Å². The van der Waals surface area contributed by atoms with Gasteiger partial charge in [-0.15, -0.1) is 0 Å². The van der Waals surface area contributed by atoms with Gasteiger partial charge in [-0.3, -0.25) is 9.59 Å². The summed E-state index contributed by atoms with van der Waals surface area (Å²) in [6.07, 6.45) is 1.79. The van der Waals surface area contributed by atoms with Crippen LogP contribution in [-0.2, 0) is 9.59 Å². The van der Waals surface area contributed by atoms with Crippen LogP contribution in [0.5, 0.6) is 0 Å². The molecular formula is C22H19N5O2S. The summed E-state index contributed by atoms with van der Waals surface area (Å²) in [5.74, 6) is -0.440. The Morgan fingerprint density at radius 1 is 1.17 bits per heavy atom. The smallest absolute Gasteiger partial charge is 0.247 e. The molecule has 4 rings (SSSR count). The third kappa shape index (κ3) is 3.30. The van der Waals surface area contributed by atoms with Crippen molar-refractivity contribution in [2.24, 2.45) is 0 Å². The number of carbonyl (C=O) groups is 2. The molecule has 0 bridgehead atoms. The van der Waals surface area contributed by atoms with Gasteiger partial charge in [0.1, 0.15) is 23.0 Å². The standard InChI is InChI=1S/C22H19N5O2S/c1-11-3-4-12(2)16(7-11)27-18(28)8-17(22(27)29)30-21-15(10-24)19(13-5-6-13)14(9-23)20(25)26-21/h3-4,7,13,17H,5-6,8H2,1-2H3,(H2,25,26). The summed E-state index contributed by atoms with van der Waals surface area (Å²) >= 11 is 1.08. The molecule has 0 spiro atoms. The first-order valence-corrected chi connectivity index (χ1v) is 10.5. The zero-order chi connectivity index (χ0) is 21.6. The predicted molar refractivity (Wildman–Crippen MR) is 113 cm³/mol. The molecule has 1 aliphatic carbocycles. The molecule has 1 saturated heterocycles. The number of nitrogens with two attached hydrogens (primary N) is 1. The number of aryl methyl sites for hydroxylation is 2. The van der Waals surface area contributed by atoms with Gasteiger partial charge < -0.3 is 5.73 Å². The number of pyridine rings is 1. The maximum absolute atomic E-state index is 13.1. The molecule has 1 atom stereocenters. The lowest BCUT2D eigenvalue weighted by atomic mass is 10.0. The van der Waals surface area contributed by atoms with Crippen LogP contribution in [0.15, 0.2) is 23.2 Å². The minimum atomic E-state index is -0.698. The predicted octanol–water partition coefficient (Wildman–Crippen LogP) is 3.33. The average Bonchev–Trinajstić information content (AvgIpc) is 3.50. The van der Waals surface area contributed by atoms with Crippen molar-refractivity contribution in [1.29, 1.82) is 10.5 Å². The fourth-order valence-electron chi connectivity index (χ4n) is 3.73. The summed E-state index contributed by atoms with van der Waals surface area (Å²) in [6, 6.07) is 9.84. The number of imide groups is 1. The molecule has 0 radical (unpaired) electrons. The summed E-state index contributed by atoms with van der Waals surface area (Å²) in [4.78, 5) is 31.3. The summed E-state index contributed by atoms with van der Waals surface area (Å²) < 4.78 is 0. The molecule has 150 valence electrons. The van der Waals surface area contributed by atoms with Crippen molar-refractivity contribution < 1.29 is 9.59 Å². The normalized spacial score (nSPS) is 18.4. The highest BCUT2D eigenvalue weighted by Crippen LogP contribution is 2.47. The summed E-state index contributed by atoms with van der Waals surface area (Å²) in [5.41, 5.74) is 9.52. The van der Waals surface area contributed by atoms with Gasteiger partial charge in [-0.1, -0.05) is 23.9 Å². The van der Waals surface area contributed by atoms with Crippen LogP contribution in [0.3, 0.4) is 0 Å². The molecule has 1 aromatic heterocycles. The van der Waals surface area contributed by atoms with E-state index in [1.54, 1.807) is 0 Å². The third-order valence-corrected chi connectivity index (χ3v) is 6.58. The van der Waals surface area contributed by atoms with Crippen molar-refractivity contribution in [3.8, 4) is 12.1 Å². The second kappa shape index (κ2) is 7.47. The summed E-state index contributed by atoms with van der Waals surface area (Å²) in [7, 11) is 0. The number of nitrogen functional groups attached to an aromatic ring is 1. The molecule has 1 aromatic carbocycles. The number of nitriles is 2. The minimum Gasteiger partial charge on any atom is -0.383 e. The van der Waals surface area contributed by atoms with Crippen molar-refractivity contribution in [3.63, 3.8) is 0 Å². The molecule has 8 heteroatoms. The van der Waals surface area contributed by atoms with E-state index in [1.807, 2.05) is 32.0 Å². The van der Waals surface area contributed by atoms with Gasteiger partial charge >= 0.3 is 0 Å². The quantitative estimate of drug-likeness (QED) is 0.757. The van der Waals surface area contributed by atoms with E-state index in [0.717, 1.165) is 35.7 Å². The third-order valence-electron chi connectivity index (χ3n) is 5.40. The Morgan fingerprint density at radius 2 is 1.87 bits per heavy atom. The number of thioether (sulfide) groups is 1. The van der Waals surface area contributed by atoms with Crippen LogP contribution >= 0.6 is 11.8 Å². The zero-order valence-corrected chi connectivity index (χ0v) is 17.4. The second-order valence-corrected chi connectivity index (χ2v) is 8.82. The largest absolute Gasteiger partial charge is 0.383 e. The molecule has 30 heavy (non-hydrogen) atoms. The van der Waals surface area contributed by atoms with Gasteiger partial charge in [-0.05, 0) is 55.4 Å². The van der Waals surface area contributed by atoms with E-state index in [2.05, 4.69) is 17.1 Å². The molecule has 2 aliphatic rings. The van der Waals surface area contributed by atoms with Gasteiger partial charge in [0.15, 0.2) is 0 Å². The number of hydrogen-bond acceptors (Lipinski definition) is 7. The van der Waals surface area contributed by atoms with Gasteiger partial charge in [0.05, 0.1) is 22.1 Å². The highest BCUT2D eigenvalue weighted by molar-refractivity contribution is 8.00. The first-order chi connectivity index (χ1) is 14.3. The Kier molecular flexibility index (Phi) is 4.97. The lowest BCUT2D eigenvalue weighted by Crippen LogP contribution is -2.31. The first-order valence-electron chi connectivity index (χ1n) is 9.60. The minimum absolute atomic E-state index is 0.0160. The second-order valence-electron chi connectivity index (χ2n) is 7.63. The van der Waals surface area contributed by atoms with Gasteiger partial charge in [0.2, 0.25) is 11.8 Å². The number of aromatic nitrogens is 1. The number of nitrogens with zero attached hydrogens (tertiary/aromatic N) is 4. The number of rotatable bonds is 4. The topological polar surface area (TPSA) is 124 Å². The first kappa shape index (κ1) is 19.9. The summed E-state index contributed by atoms with van der Waals surface area (Å²) in [6.45, 7) is 3.76.